The fraction of sp³-hybridized carbons (Fsp3) is 0.360. The Balaban J connectivity index is 1.78. The maximum Gasteiger partial charge on any atom is 0.418 e. The predicted molar refractivity (Wildman–Crippen MR) is 125 cm³/mol. The summed E-state index contributed by atoms with van der Waals surface area (Å²) < 4.78 is 45.7. The van der Waals surface area contributed by atoms with Crippen LogP contribution in [0.3, 0.4) is 0 Å². The number of anilines is 1. The Morgan fingerprint density at radius 2 is 1.91 bits per heavy atom. The molecule has 34 heavy (non-hydrogen) atoms. The SMILES string of the molecule is COCc1nc(NC2=CC=C(C(C)C)C(C)C2)c2ccc(-c3ncccc3C(F)(F)F)nc2n1. The van der Waals surface area contributed by atoms with Gasteiger partial charge < -0.3 is 10.1 Å². The van der Waals surface area contributed by atoms with Gasteiger partial charge in [-0.15, -0.1) is 0 Å². The van der Waals surface area contributed by atoms with Gasteiger partial charge >= 0.3 is 6.18 Å². The van der Waals surface area contributed by atoms with Gasteiger partial charge in [0.05, 0.1) is 16.6 Å². The van der Waals surface area contributed by atoms with Gasteiger partial charge in [0, 0.05) is 19.0 Å². The average Bonchev–Trinajstić information content (AvgIpc) is 2.78. The van der Waals surface area contributed by atoms with Crippen LogP contribution in [0, 0.1) is 11.8 Å². The second-order valence-corrected chi connectivity index (χ2v) is 8.63. The normalized spacial score (nSPS) is 16.5. The van der Waals surface area contributed by atoms with Gasteiger partial charge in [-0.25, -0.2) is 15.0 Å². The first-order valence-corrected chi connectivity index (χ1v) is 11.0. The second-order valence-electron chi connectivity index (χ2n) is 8.63. The van der Waals surface area contributed by atoms with Crippen molar-refractivity contribution in [2.75, 3.05) is 12.4 Å². The third-order valence-electron chi connectivity index (χ3n) is 5.75. The first-order chi connectivity index (χ1) is 16.2. The summed E-state index contributed by atoms with van der Waals surface area (Å²) in [6, 6.07) is 5.44. The van der Waals surface area contributed by atoms with Crippen molar-refractivity contribution in [2.24, 2.45) is 11.8 Å². The molecule has 0 amide bonds. The summed E-state index contributed by atoms with van der Waals surface area (Å²) in [5.74, 6) is 1.76. The molecule has 3 heterocycles. The number of nitrogens with one attached hydrogen (secondary N) is 1. The smallest absolute Gasteiger partial charge is 0.377 e. The van der Waals surface area contributed by atoms with E-state index in [1.807, 2.05) is 6.08 Å². The number of hydrogen-bond donors (Lipinski definition) is 1. The van der Waals surface area contributed by atoms with E-state index in [-0.39, 0.29) is 23.6 Å². The van der Waals surface area contributed by atoms with E-state index in [9.17, 15) is 13.2 Å². The third-order valence-corrected chi connectivity index (χ3v) is 5.75. The first-order valence-electron chi connectivity index (χ1n) is 11.0. The highest BCUT2D eigenvalue weighted by Gasteiger charge is 2.34. The molecule has 0 saturated heterocycles. The highest BCUT2D eigenvalue weighted by Crippen LogP contribution is 2.36. The number of pyridine rings is 2. The van der Waals surface area contributed by atoms with Crippen LogP contribution in [0.25, 0.3) is 22.4 Å². The molecular weight excluding hydrogens is 443 g/mol. The molecule has 3 aromatic heterocycles. The number of alkyl halides is 3. The topological polar surface area (TPSA) is 72.8 Å². The van der Waals surface area contributed by atoms with Crippen LogP contribution >= 0.6 is 0 Å². The standard InChI is InChI=1S/C25H26F3N5O/c1-14(2)17-8-7-16(12-15(17)3)30-23-18-9-10-20(31-24(18)33-21(32-23)13-34-4)22-19(25(26,27)28)6-5-11-29-22/h5-11,14-15H,12-13H2,1-4H3,(H,30,31,32,33). The summed E-state index contributed by atoms with van der Waals surface area (Å²) in [7, 11) is 1.53. The molecule has 0 radical (unpaired) electrons. The quantitative estimate of drug-likeness (QED) is 0.465. The number of methoxy groups -OCH3 is 1. The maximum absolute atomic E-state index is 13.5. The number of ether oxygens (including phenoxy) is 1. The van der Waals surface area contributed by atoms with Crippen molar-refractivity contribution in [3.8, 4) is 11.4 Å². The van der Waals surface area contributed by atoms with Crippen molar-refractivity contribution < 1.29 is 17.9 Å². The van der Waals surface area contributed by atoms with Crippen molar-refractivity contribution >= 4 is 16.9 Å². The molecule has 1 unspecified atom stereocenters. The zero-order valence-corrected chi connectivity index (χ0v) is 19.4. The number of hydrogen-bond acceptors (Lipinski definition) is 6. The minimum absolute atomic E-state index is 0.0865. The molecule has 4 rings (SSSR count). The van der Waals surface area contributed by atoms with Crippen molar-refractivity contribution in [1.29, 1.82) is 0 Å². The summed E-state index contributed by atoms with van der Waals surface area (Å²) in [4.78, 5) is 17.4. The van der Waals surface area contributed by atoms with Crippen LogP contribution < -0.4 is 5.32 Å². The van der Waals surface area contributed by atoms with Gasteiger partial charge in [-0.05, 0) is 48.6 Å². The van der Waals surface area contributed by atoms with E-state index >= 15 is 0 Å². The Kier molecular flexibility index (Phi) is 6.65. The van der Waals surface area contributed by atoms with Crippen LogP contribution in [0.15, 0.2) is 53.9 Å². The molecule has 1 aliphatic carbocycles. The monoisotopic (exact) mass is 469 g/mol. The Hall–Kier alpha value is -3.33. The number of halogens is 3. The van der Waals surface area contributed by atoms with Crippen LogP contribution in [0.4, 0.5) is 19.0 Å². The Bertz CT molecular complexity index is 1270. The van der Waals surface area contributed by atoms with Gasteiger partial charge in [0.2, 0.25) is 0 Å². The maximum atomic E-state index is 13.5. The number of aromatic nitrogens is 4. The van der Waals surface area contributed by atoms with Crippen LogP contribution in [0.1, 0.15) is 38.6 Å². The summed E-state index contributed by atoms with van der Waals surface area (Å²) in [5, 5.41) is 3.98. The fourth-order valence-corrected chi connectivity index (χ4v) is 4.20. The average molecular weight is 470 g/mol. The molecule has 6 nitrogen and oxygen atoms in total. The highest BCUT2D eigenvalue weighted by molar-refractivity contribution is 5.89. The number of rotatable bonds is 6. The molecule has 0 saturated carbocycles. The van der Waals surface area contributed by atoms with Gasteiger partial charge in [0.15, 0.2) is 11.5 Å². The second kappa shape index (κ2) is 9.50. The molecule has 1 atom stereocenters. The number of allylic oxidation sites excluding steroid dienone is 4. The highest BCUT2D eigenvalue weighted by atomic mass is 19.4. The first kappa shape index (κ1) is 23.8. The van der Waals surface area contributed by atoms with E-state index in [1.165, 1.54) is 31.0 Å². The Morgan fingerprint density at radius 3 is 2.59 bits per heavy atom. The summed E-state index contributed by atoms with van der Waals surface area (Å²) in [6.07, 6.45) is 1.77. The fourth-order valence-electron chi connectivity index (χ4n) is 4.20. The van der Waals surface area contributed by atoms with Gasteiger partial charge in [-0.2, -0.15) is 13.2 Å². The largest absolute Gasteiger partial charge is 0.418 e. The molecule has 3 aromatic rings. The van der Waals surface area contributed by atoms with Gasteiger partial charge in [-0.3, -0.25) is 4.98 Å². The van der Waals surface area contributed by atoms with E-state index in [1.54, 1.807) is 6.07 Å². The zero-order valence-electron chi connectivity index (χ0n) is 19.4. The van der Waals surface area contributed by atoms with Crippen LogP contribution in [0.2, 0.25) is 0 Å². The molecule has 0 fully saturated rings. The molecule has 0 aromatic carbocycles. The lowest BCUT2D eigenvalue weighted by molar-refractivity contribution is -0.137. The minimum atomic E-state index is -4.55. The molecule has 9 heteroatoms. The van der Waals surface area contributed by atoms with E-state index in [4.69, 9.17) is 4.74 Å². The Morgan fingerprint density at radius 1 is 1.12 bits per heavy atom. The van der Waals surface area contributed by atoms with Gasteiger partial charge in [0.25, 0.3) is 0 Å². The molecule has 1 N–H and O–H groups in total. The number of fused-ring (bicyclic) bond motifs is 1. The lowest BCUT2D eigenvalue weighted by atomic mass is 9.84. The van der Waals surface area contributed by atoms with Crippen molar-refractivity contribution in [3.63, 3.8) is 0 Å². The van der Waals surface area contributed by atoms with Crippen LogP contribution in [-0.4, -0.2) is 27.0 Å². The van der Waals surface area contributed by atoms with Crippen LogP contribution in [-0.2, 0) is 17.5 Å². The number of nitrogens with zero attached hydrogens (tertiary/aromatic N) is 4. The lowest BCUT2D eigenvalue weighted by Gasteiger charge is -2.25. The van der Waals surface area contributed by atoms with Crippen molar-refractivity contribution in [3.05, 3.63) is 65.3 Å². The molecule has 0 spiro atoms. The molecule has 178 valence electrons. The van der Waals surface area contributed by atoms with Gasteiger partial charge in [0.1, 0.15) is 18.1 Å². The molecular formula is C25H26F3N5O. The predicted octanol–water partition coefficient (Wildman–Crippen LogP) is 6.17. The van der Waals surface area contributed by atoms with E-state index in [0.717, 1.165) is 18.2 Å². The molecule has 0 bridgehead atoms. The van der Waals surface area contributed by atoms with E-state index < -0.39 is 11.7 Å². The van der Waals surface area contributed by atoms with Gasteiger partial charge in [-0.1, -0.05) is 32.4 Å². The molecule has 0 aliphatic heterocycles. The lowest BCUT2D eigenvalue weighted by Crippen LogP contribution is -2.15. The minimum Gasteiger partial charge on any atom is -0.377 e. The zero-order chi connectivity index (χ0) is 24.5. The Labute approximate surface area is 196 Å². The summed E-state index contributed by atoms with van der Waals surface area (Å²) in [5.41, 5.74) is 1.65. The van der Waals surface area contributed by atoms with E-state index in [2.05, 4.69) is 52.1 Å². The molecule has 1 aliphatic rings. The third kappa shape index (κ3) is 4.94. The summed E-state index contributed by atoms with van der Waals surface area (Å²) >= 11 is 0. The van der Waals surface area contributed by atoms with Crippen molar-refractivity contribution in [1.82, 2.24) is 19.9 Å². The van der Waals surface area contributed by atoms with E-state index in [0.29, 0.717) is 28.9 Å². The van der Waals surface area contributed by atoms with Crippen LogP contribution in [0.5, 0.6) is 0 Å². The summed E-state index contributed by atoms with van der Waals surface area (Å²) in [6.45, 7) is 6.69. The van der Waals surface area contributed by atoms with Crippen molar-refractivity contribution in [2.45, 2.75) is 40.0 Å².